The van der Waals surface area contributed by atoms with Crippen LogP contribution in [0.3, 0.4) is 0 Å². The molecule has 0 aromatic carbocycles. The largest absolute Gasteiger partial charge is 0.371 e. The summed E-state index contributed by atoms with van der Waals surface area (Å²) < 4.78 is 5.56. The van der Waals surface area contributed by atoms with E-state index in [0.29, 0.717) is 0 Å². The van der Waals surface area contributed by atoms with Crippen molar-refractivity contribution in [3.63, 3.8) is 0 Å². The topological polar surface area (TPSA) is 9.23 Å². The summed E-state index contributed by atoms with van der Waals surface area (Å²) in [5.41, 5.74) is -0.101. The lowest BCUT2D eigenvalue weighted by atomic mass is 10.0. The Hall–Kier alpha value is -0.300. The predicted molar refractivity (Wildman–Crippen MR) is 45.1 cm³/mol. The molecule has 0 bridgehead atoms. The first kappa shape index (κ1) is 9.70. The van der Waals surface area contributed by atoms with Crippen LogP contribution in [0, 0.1) is 0 Å². The summed E-state index contributed by atoms with van der Waals surface area (Å²) in [4.78, 5) is 0. The molecule has 0 radical (unpaired) electrons. The molecule has 0 N–H and O–H groups in total. The van der Waals surface area contributed by atoms with Crippen LogP contribution in [0.15, 0.2) is 12.7 Å². The summed E-state index contributed by atoms with van der Waals surface area (Å²) in [7, 11) is 0. The van der Waals surface area contributed by atoms with Crippen LogP contribution in [0.2, 0.25) is 0 Å². The molecule has 1 nitrogen and oxygen atoms in total. The third-order valence-corrected chi connectivity index (χ3v) is 1.77. The van der Waals surface area contributed by atoms with Crippen LogP contribution in [0.25, 0.3) is 0 Å². The second-order valence-corrected chi connectivity index (χ2v) is 2.72. The third kappa shape index (κ3) is 3.02. The highest BCUT2D eigenvalue weighted by Gasteiger charge is 2.16. The zero-order chi connectivity index (χ0) is 8.04. The van der Waals surface area contributed by atoms with Gasteiger partial charge in [0.25, 0.3) is 0 Å². The Morgan fingerprint density at radius 1 is 1.50 bits per heavy atom. The molecular formula is C9H18O. The fourth-order valence-electron chi connectivity index (χ4n) is 0.641. The molecule has 0 aliphatic heterocycles. The molecular weight excluding hydrogens is 124 g/mol. The van der Waals surface area contributed by atoms with Gasteiger partial charge in [-0.3, -0.25) is 0 Å². The summed E-state index contributed by atoms with van der Waals surface area (Å²) >= 11 is 0. The summed E-state index contributed by atoms with van der Waals surface area (Å²) in [6, 6.07) is 0. The highest BCUT2D eigenvalue weighted by Crippen LogP contribution is 2.15. The SMILES string of the molecule is C=CC(C)(CC)OCCC. The van der Waals surface area contributed by atoms with E-state index in [1.807, 2.05) is 6.08 Å². The van der Waals surface area contributed by atoms with Crippen molar-refractivity contribution in [3.05, 3.63) is 12.7 Å². The minimum absolute atomic E-state index is 0.101. The Balaban J connectivity index is 3.68. The highest BCUT2D eigenvalue weighted by atomic mass is 16.5. The van der Waals surface area contributed by atoms with Crippen LogP contribution in [0.1, 0.15) is 33.6 Å². The zero-order valence-electron chi connectivity index (χ0n) is 7.31. The number of ether oxygens (including phenoxy) is 1. The van der Waals surface area contributed by atoms with Gasteiger partial charge >= 0.3 is 0 Å². The van der Waals surface area contributed by atoms with Gasteiger partial charge in [-0.05, 0) is 19.8 Å². The molecule has 0 aliphatic rings. The van der Waals surface area contributed by atoms with E-state index in [4.69, 9.17) is 4.74 Å². The van der Waals surface area contributed by atoms with Crippen molar-refractivity contribution in [1.29, 1.82) is 0 Å². The minimum atomic E-state index is -0.101. The van der Waals surface area contributed by atoms with Gasteiger partial charge in [0.1, 0.15) is 0 Å². The average Bonchev–Trinajstić information content (AvgIpc) is 2.00. The number of hydrogen-bond acceptors (Lipinski definition) is 1. The molecule has 1 heteroatoms. The molecule has 10 heavy (non-hydrogen) atoms. The first-order valence-corrected chi connectivity index (χ1v) is 3.96. The standard InChI is InChI=1S/C9H18O/c1-5-8-10-9(4,6-2)7-3/h6H,2,5,7-8H2,1,3-4H3. The molecule has 0 heterocycles. The Bertz CT molecular complexity index is 98.9. The van der Waals surface area contributed by atoms with E-state index < -0.39 is 0 Å². The quantitative estimate of drug-likeness (QED) is 0.536. The van der Waals surface area contributed by atoms with E-state index in [1.54, 1.807) is 0 Å². The molecule has 60 valence electrons. The summed E-state index contributed by atoms with van der Waals surface area (Å²) in [5, 5.41) is 0. The van der Waals surface area contributed by atoms with E-state index in [1.165, 1.54) is 0 Å². The number of rotatable bonds is 5. The zero-order valence-corrected chi connectivity index (χ0v) is 7.31. The van der Waals surface area contributed by atoms with Gasteiger partial charge in [0.15, 0.2) is 0 Å². The summed E-state index contributed by atoms with van der Waals surface area (Å²) in [5.74, 6) is 0. The maximum Gasteiger partial charge on any atom is 0.0829 e. The molecule has 0 spiro atoms. The minimum Gasteiger partial charge on any atom is -0.371 e. The molecule has 0 aromatic rings. The van der Waals surface area contributed by atoms with Crippen molar-refractivity contribution in [2.45, 2.75) is 39.2 Å². The Morgan fingerprint density at radius 3 is 2.40 bits per heavy atom. The molecule has 0 aromatic heterocycles. The summed E-state index contributed by atoms with van der Waals surface area (Å²) in [6.45, 7) is 10.8. The fraction of sp³-hybridized carbons (Fsp3) is 0.778. The van der Waals surface area contributed by atoms with Crippen LogP contribution in [0.5, 0.6) is 0 Å². The van der Waals surface area contributed by atoms with Gasteiger partial charge in [0, 0.05) is 6.61 Å². The van der Waals surface area contributed by atoms with Gasteiger partial charge in [-0.2, -0.15) is 0 Å². The maximum atomic E-state index is 5.56. The Labute approximate surface area is 64.1 Å². The monoisotopic (exact) mass is 142 g/mol. The van der Waals surface area contributed by atoms with Crippen LogP contribution in [-0.4, -0.2) is 12.2 Å². The van der Waals surface area contributed by atoms with Gasteiger partial charge in [0.05, 0.1) is 5.60 Å². The van der Waals surface area contributed by atoms with Crippen molar-refractivity contribution in [3.8, 4) is 0 Å². The Kier molecular flexibility index (Phi) is 4.37. The maximum absolute atomic E-state index is 5.56. The second-order valence-electron chi connectivity index (χ2n) is 2.72. The van der Waals surface area contributed by atoms with Gasteiger partial charge < -0.3 is 4.74 Å². The summed E-state index contributed by atoms with van der Waals surface area (Å²) in [6.07, 6.45) is 3.95. The van der Waals surface area contributed by atoms with Gasteiger partial charge in [-0.1, -0.05) is 19.9 Å². The molecule has 0 amide bonds. The smallest absolute Gasteiger partial charge is 0.0829 e. The van der Waals surface area contributed by atoms with Gasteiger partial charge in [-0.25, -0.2) is 0 Å². The van der Waals surface area contributed by atoms with Gasteiger partial charge in [-0.15, -0.1) is 6.58 Å². The normalized spacial score (nSPS) is 16.3. The highest BCUT2D eigenvalue weighted by molar-refractivity contribution is 4.92. The third-order valence-electron chi connectivity index (χ3n) is 1.77. The molecule has 1 unspecified atom stereocenters. The van der Waals surface area contributed by atoms with Crippen molar-refractivity contribution >= 4 is 0 Å². The second kappa shape index (κ2) is 4.51. The lowest BCUT2D eigenvalue weighted by Crippen LogP contribution is -2.24. The molecule has 0 saturated carbocycles. The van der Waals surface area contributed by atoms with Crippen molar-refractivity contribution < 1.29 is 4.74 Å². The Morgan fingerprint density at radius 2 is 2.10 bits per heavy atom. The van der Waals surface area contributed by atoms with Crippen LogP contribution in [0.4, 0.5) is 0 Å². The van der Waals surface area contributed by atoms with Crippen LogP contribution in [-0.2, 0) is 4.74 Å². The first-order valence-electron chi connectivity index (χ1n) is 3.96. The van der Waals surface area contributed by atoms with E-state index in [2.05, 4.69) is 27.4 Å². The van der Waals surface area contributed by atoms with Crippen LogP contribution >= 0.6 is 0 Å². The molecule has 0 saturated heterocycles. The predicted octanol–water partition coefficient (Wildman–Crippen LogP) is 2.77. The van der Waals surface area contributed by atoms with Crippen molar-refractivity contribution in [2.24, 2.45) is 0 Å². The van der Waals surface area contributed by atoms with E-state index in [0.717, 1.165) is 19.4 Å². The lowest BCUT2D eigenvalue weighted by molar-refractivity contribution is 0.00356. The average molecular weight is 142 g/mol. The molecule has 1 atom stereocenters. The van der Waals surface area contributed by atoms with Gasteiger partial charge in [0.2, 0.25) is 0 Å². The van der Waals surface area contributed by atoms with E-state index in [9.17, 15) is 0 Å². The molecule has 0 rings (SSSR count). The molecule has 0 fully saturated rings. The lowest BCUT2D eigenvalue weighted by Gasteiger charge is -2.24. The van der Waals surface area contributed by atoms with E-state index >= 15 is 0 Å². The van der Waals surface area contributed by atoms with Crippen LogP contribution < -0.4 is 0 Å². The van der Waals surface area contributed by atoms with Crippen molar-refractivity contribution in [1.82, 2.24) is 0 Å². The first-order chi connectivity index (χ1) is 4.68. The molecule has 0 aliphatic carbocycles. The van der Waals surface area contributed by atoms with E-state index in [-0.39, 0.29) is 5.60 Å². The number of hydrogen-bond donors (Lipinski definition) is 0. The van der Waals surface area contributed by atoms with Crippen molar-refractivity contribution in [2.75, 3.05) is 6.61 Å². The fourth-order valence-corrected chi connectivity index (χ4v) is 0.641.